The van der Waals surface area contributed by atoms with Crippen LogP contribution in [0.15, 0.2) is 36.4 Å². The van der Waals surface area contributed by atoms with E-state index in [1.807, 2.05) is 26.1 Å². The lowest BCUT2D eigenvalue weighted by Gasteiger charge is -2.19. The van der Waals surface area contributed by atoms with Crippen LogP contribution in [0.4, 0.5) is 4.39 Å². The molecular weight excluding hydrogens is 265 g/mol. The highest BCUT2D eigenvalue weighted by molar-refractivity contribution is 5.41. The summed E-state index contributed by atoms with van der Waals surface area (Å²) in [7, 11) is 1.95. The van der Waals surface area contributed by atoms with E-state index in [2.05, 4.69) is 17.4 Å². The van der Waals surface area contributed by atoms with Crippen LogP contribution in [0.2, 0.25) is 0 Å². The summed E-state index contributed by atoms with van der Waals surface area (Å²) in [5.74, 6) is 0.823. The number of ether oxygens (including phenoxy) is 1. The Morgan fingerprint density at radius 1 is 1.24 bits per heavy atom. The maximum absolute atomic E-state index is 13.4. The first kappa shape index (κ1) is 14.1. The monoisotopic (exact) mass is 285 g/mol. The summed E-state index contributed by atoms with van der Waals surface area (Å²) in [5.41, 5.74) is 4.67. The number of halogens is 1. The minimum absolute atomic E-state index is 0.173. The van der Waals surface area contributed by atoms with Crippen LogP contribution in [0.5, 0.6) is 5.75 Å². The minimum atomic E-state index is -0.173. The fourth-order valence-corrected chi connectivity index (χ4v) is 2.89. The van der Waals surface area contributed by atoms with E-state index < -0.39 is 0 Å². The molecule has 1 aliphatic heterocycles. The second kappa shape index (κ2) is 5.86. The molecule has 0 spiro atoms. The van der Waals surface area contributed by atoms with E-state index in [4.69, 9.17) is 4.74 Å². The molecule has 21 heavy (non-hydrogen) atoms. The van der Waals surface area contributed by atoms with Crippen molar-refractivity contribution in [2.45, 2.75) is 25.8 Å². The normalized spacial score (nSPS) is 14.6. The van der Waals surface area contributed by atoms with Crippen LogP contribution >= 0.6 is 0 Å². The van der Waals surface area contributed by atoms with Crippen molar-refractivity contribution in [3.05, 3.63) is 64.5 Å². The van der Waals surface area contributed by atoms with Gasteiger partial charge in [-0.3, -0.25) is 0 Å². The molecule has 1 N–H and O–H groups in total. The van der Waals surface area contributed by atoms with Crippen LogP contribution in [-0.4, -0.2) is 13.7 Å². The van der Waals surface area contributed by atoms with E-state index in [1.165, 1.54) is 17.2 Å². The Balaban J connectivity index is 1.86. The quantitative estimate of drug-likeness (QED) is 0.927. The van der Waals surface area contributed by atoms with E-state index >= 15 is 0 Å². The molecule has 0 saturated heterocycles. The van der Waals surface area contributed by atoms with E-state index in [0.717, 1.165) is 36.3 Å². The van der Waals surface area contributed by atoms with Gasteiger partial charge in [-0.2, -0.15) is 0 Å². The highest BCUT2D eigenvalue weighted by atomic mass is 19.1. The van der Waals surface area contributed by atoms with Crippen molar-refractivity contribution in [1.29, 1.82) is 0 Å². The van der Waals surface area contributed by atoms with Gasteiger partial charge in [-0.1, -0.05) is 18.2 Å². The maximum atomic E-state index is 13.4. The predicted molar refractivity (Wildman–Crippen MR) is 82.3 cm³/mol. The third kappa shape index (κ3) is 2.93. The predicted octanol–water partition coefficient (Wildman–Crippen LogP) is 3.57. The number of nitrogens with one attached hydrogen (secondary N) is 1. The van der Waals surface area contributed by atoms with Gasteiger partial charge in [-0.05, 0) is 60.8 Å². The number of hydrogen-bond acceptors (Lipinski definition) is 2. The Bertz CT molecular complexity index is 654. The second-order valence-electron chi connectivity index (χ2n) is 5.58. The highest BCUT2D eigenvalue weighted by Crippen LogP contribution is 2.29. The van der Waals surface area contributed by atoms with Gasteiger partial charge >= 0.3 is 0 Å². The van der Waals surface area contributed by atoms with Crippen LogP contribution in [0.25, 0.3) is 0 Å². The summed E-state index contributed by atoms with van der Waals surface area (Å²) >= 11 is 0. The van der Waals surface area contributed by atoms with Gasteiger partial charge in [0.05, 0.1) is 6.61 Å². The first-order chi connectivity index (χ1) is 10.2. The summed E-state index contributed by atoms with van der Waals surface area (Å²) in [6, 6.07) is 11.5. The molecule has 0 saturated carbocycles. The van der Waals surface area contributed by atoms with Gasteiger partial charge in [-0.15, -0.1) is 0 Å². The first-order valence-electron chi connectivity index (χ1n) is 7.35. The molecule has 0 amide bonds. The lowest BCUT2D eigenvalue weighted by molar-refractivity contribution is 0.356. The molecule has 3 rings (SSSR count). The van der Waals surface area contributed by atoms with Crippen molar-refractivity contribution in [3.8, 4) is 5.75 Å². The van der Waals surface area contributed by atoms with Crippen LogP contribution in [0.3, 0.4) is 0 Å². The Hall–Kier alpha value is -1.87. The van der Waals surface area contributed by atoms with Crippen molar-refractivity contribution in [2.24, 2.45) is 0 Å². The van der Waals surface area contributed by atoms with Crippen LogP contribution < -0.4 is 10.1 Å². The molecule has 0 aromatic heterocycles. The van der Waals surface area contributed by atoms with Gasteiger partial charge in [0.2, 0.25) is 0 Å². The number of likely N-dealkylation sites (N-methyl/N-ethyl adjacent to an activating group) is 1. The molecule has 0 radical (unpaired) electrons. The Kier molecular flexibility index (Phi) is 3.93. The molecule has 110 valence electrons. The zero-order valence-electron chi connectivity index (χ0n) is 12.4. The molecule has 2 aromatic carbocycles. The maximum Gasteiger partial charge on any atom is 0.123 e. The summed E-state index contributed by atoms with van der Waals surface area (Å²) in [5, 5.41) is 3.34. The third-order valence-electron chi connectivity index (χ3n) is 4.20. The summed E-state index contributed by atoms with van der Waals surface area (Å²) in [6.45, 7) is 2.80. The first-order valence-corrected chi connectivity index (χ1v) is 7.35. The van der Waals surface area contributed by atoms with E-state index in [-0.39, 0.29) is 11.9 Å². The third-order valence-corrected chi connectivity index (χ3v) is 4.20. The van der Waals surface area contributed by atoms with E-state index in [1.54, 1.807) is 6.07 Å². The Morgan fingerprint density at radius 2 is 2.10 bits per heavy atom. The fraction of sp³-hybridized carbons (Fsp3) is 0.333. The molecule has 2 aromatic rings. The van der Waals surface area contributed by atoms with Crippen molar-refractivity contribution < 1.29 is 9.13 Å². The van der Waals surface area contributed by atoms with Gasteiger partial charge in [0.15, 0.2) is 0 Å². The van der Waals surface area contributed by atoms with E-state index in [0.29, 0.717) is 0 Å². The minimum Gasteiger partial charge on any atom is -0.493 e. The number of benzene rings is 2. The number of rotatable bonds is 4. The number of fused-ring (bicyclic) bond motifs is 1. The average molecular weight is 285 g/mol. The molecule has 0 fully saturated rings. The topological polar surface area (TPSA) is 21.3 Å². The Morgan fingerprint density at radius 3 is 2.90 bits per heavy atom. The molecule has 1 atom stereocenters. The molecule has 2 nitrogen and oxygen atoms in total. The van der Waals surface area contributed by atoms with E-state index in [9.17, 15) is 4.39 Å². The molecular formula is C18H20FNO. The van der Waals surface area contributed by atoms with Gasteiger partial charge in [0.25, 0.3) is 0 Å². The molecule has 1 heterocycles. The molecule has 3 heteroatoms. The van der Waals surface area contributed by atoms with Crippen LogP contribution in [0, 0.1) is 12.7 Å². The van der Waals surface area contributed by atoms with Crippen LogP contribution in [-0.2, 0) is 12.8 Å². The van der Waals surface area contributed by atoms with Crippen molar-refractivity contribution in [1.82, 2.24) is 5.32 Å². The summed E-state index contributed by atoms with van der Waals surface area (Å²) in [6.07, 6.45) is 1.75. The molecule has 1 aliphatic rings. The fourth-order valence-electron chi connectivity index (χ4n) is 2.89. The van der Waals surface area contributed by atoms with Crippen molar-refractivity contribution in [3.63, 3.8) is 0 Å². The molecule has 1 unspecified atom stereocenters. The highest BCUT2D eigenvalue weighted by Gasteiger charge is 2.17. The molecule has 0 bridgehead atoms. The van der Waals surface area contributed by atoms with Gasteiger partial charge in [0, 0.05) is 12.5 Å². The summed E-state index contributed by atoms with van der Waals surface area (Å²) in [4.78, 5) is 0. The second-order valence-corrected chi connectivity index (χ2v) is 5.58. The van der Waals surface area contributed by atoms with Gasteiger partial charge < -0.3 is 10.1 Å². The SMILES string of the molecule is CNC(Cc1cc(F)ccc1C)c1ccc2c(c1)CCO2. The smallest absolute Gasteiger partial charge is 0.123 e. The number of aryl methyl sites for hydroxylation is 1. The lowest BCUT2D eigenvalue weighted by Crippen LogP contribution is -2.19. The van der Waals surface area contributed by atoms with Crippen molar-refractivity contribution in [2.75, 3.05) is 13.7 Å². The number of hydrogen-bond donors (Lipinski definition) is 1. The van der Waals surface area contributed by atoms with Crippen LogP contribution in [0.1, 0.15) is 28.3 Å². The Labute approximate surface area is 125 Å². The summed E-state index contributed by atoms with van der Waals surface area (Å²) < 4.78 is 19.0. The lowest BCUT2D eigenvalue weighted by atomic mass is 9.94. The molecule has 0 aliphatic carbocycles. The average Bonchev–Trinajstić information content (AvgIpc) is 2.95. The zero-order valence-corrected chi connectivity index (χ0v) is 12.4. The van der Waals surface area contributed by atoms with Gasteiger partial charge in [-0.25, -0.2) is 4.39 Å². The zero-order chi connectivity index (χ0) is 14.8. The largest absolute Gasteiger partial charge is 0.493 e. The van der Waals surface area contributed by atoms with Crippen molar-refractivity contribution >= 4 is 0 Å². The standard InChI is InChI=1S/C18H20FNO/c1-12-3-5-16(19)10-15(12)11-17(20-2)13-4-6-18-14(9-13)7-8-21-18/h3-6,9-10,17,20H,7-8,11H2,1-2H3. The van der Waals surface area contributed by atoms with Gasteiger partial charge in [0.1, 0.15) is 11.6 Å².